The van der Waals surface area contributed by atoms with Crippen molar-refractivity contribution in [2.24, 2.45) is 0 Å². The van der Waals surface area contributed by atoms with Crippen LogP contribution in [0.1, 0.15) is 18.5 Å². The molecule has 124 valence electrons. The number of pyridine rings is 1. The quantitative estimate of drug-likeness (QED) is 0.820. The van der Waals surface area contributed by atoms with Crippen LogP contribution in [-0.2, 0) is 20.8 Å². The highest BCUT2D eigenvalue weighted by Gasteiger charge is 2.44. The number of ether oxygens (including phenoxy) is 2. The van der Waals surface area contributed by atoms with Gasteiger partial charge in [0.1, 0.15) is 6.61 Å². The summed E-state index contributed by atoms with van der Waals surface area (Å²) < 4.78 is 11.3. The summed E-state index contributed by atoms with van der Waals surface area (Å²) in [5.41, 5.74) is 0.936. The van der Waals surface area contributed by atoms with Gasteiger partial charge in [-0.05, 0) is 25.0 Å². The average Bonchev–Trinajstić information content (AvgIpc) is 3.04. The number of likely N-dealkylation sites (tertiary alicyclic amines) is 1. The molecule has 3 aliphatic rings. The van der Waals surface area contributed by atoms with E-state index in [2.05, 4.69) is 9.88 Å². The van der Waals surface area contributed by atoms with Gasteiger partial charge >= 0.3 is 0 Å². The van der Waals surface area contributed by atoms with Gasteiger partial charge in [-0.15, -0.1) is 0 Å². The van der Waals surface area contributed by atoms with Gasteiger partial charge in [-0.2, -0.15) is 0 Å². The summed E-state index contributed by atoms with van der Waals surface area (Å²) in [5, 5.41) is 0. The Hall–Kier alpha value is -1.50. The molecule has 3 aliphatic heterocycles. The highest BCUT2D eigenvalue weighted by Crippen LogP contribution is 2.28. The summed E-state index contributed by atoms with van der Waals surface area (Å²) in [7, 11) is 0. The molecule has 1 amide bonds. The fraction of sp³-hybridized carbons (Fsp3) is 0.647. The van der Waals surface area contributed by atoms with Gasteiger partial charge in [0, 0.05) is 38.5 Å². The first-order valence-electron chi connectivity index (χ1n) is 8.44. The average molecular weight is 317 g/mol. The van der Waals surface area contributed by atoms with Crippen molar-refractivity contribution in [1.82, 2.24) is 14.8 Å². The van der Waals surface area contributed by atoms with Crippen LogP contribution in [0, 0.1) is 0 Å². The molecule has 4 heterocycles. The van der Waals surface area contributed by atoms with Gasteiger partial charge < -0.3 is 14.4 Å². The predicted octanol–water partition coefficient (Wildman–Crippen LogP) is 0.672. The van der Waals surface area contributed by atoms with E-state index in [-0.39, 0.29) is 24.7 Å². The minimum absolute atomic E-state index is 0.0748. The zero-order valence-corrected chi connectivity index (χ0v) is 13.3. The fourth-order valence-corrected chi connectivity index (χ4v) is 3.91. The molecule has 3 saturated heterocycles. The second kappa shape index (κ2) is 6.55. The Morgan fingerprint density at radius 2 is 2.09 bits per heavy atom. The highest BCUT2D eigenvalue weighted by atomic mass is 16.5. The van der Waals surface area contributed by atoms with Crippen molar-refractivity contribution in [1.29, 1.82) is 0 Å². The third-order valence-corrected chi connectivity index (χ3v) is 5.17. The number of aromatic nitrogens is 1. The van der Waals surface area contributed by atoms with E-state index in [0.29, 0.717) is 12.6 Å². The molecule has 3 fully saturated rings. The molecule has 0 aromatic carbocycles. The van der Waals surface area contributed by atoms with E-state index in [1.807, 2.05) is 23.1 Å². The van der Waals surface area contributed by atoms with Crippen LogP contribution in [-0.4, -0.2) is 71.8 Å². The zero-order chi connectivity index (χ0) is 15.6. The smallest absolute Gasteiger partial charge is 0.249 e. The molecule has 4 rings (SSSR count). The topological polar surface area (TPSA) is 54.9 Å². The standard InChI is InChI=1S/C17H23N3O3/c21-17-12-23-16-11-19(14-4-7-22-8-5-14)10-15(16)20(17)9-13-3-1-2-6-18-13/h1-3,6,14-16H,4-5,7-12H2. The van der Waals surface area contributed by atoms with E-state index in [1.165, 1.54) is 0 Å². The van der Waals surface area contributed by atoms with E-state index in [4.69, 9.17) is 9.47 Å². The second-order valence-electron chi connectivity index (χ2n) is 6.56. The lowest BCUT2D eigenvalue weighted by atomic mass is 10.1. The molecule has 6 heteroatoms. The Balaban J connectivity index is 1.47. The number of nitrogens with zero attached hydrogens (tertiary/aromatic N) is 3. The van der Waals surface area contributed by atoms with E-state index in [9.17, 15) is 4.79 Å². The number of morpholine rings is 1. The number of fused-ring (bicyclic) bond motifs is 1. The van der Waals surface area contributed by atoms with Crippen LogP contribution >= 0.6 is 0 Å². The number of amides is 1. The van der Waals surface area contributed by atoms with Gasteiger partial charge in [0.15, 0.2) is 0 Å². The molecule has 0 radical (unpaired) electrons. The van der Waals surface area contributed by atoms with E-state index in [1.54, 1.807) is 6.20 Å². The van der Waals surface area contributed by atoms with E-state index in [0.717, 1.165) is 44.8 Å². The molecule has 0 aliphatic carbocycles. The van der Waals surface area contributed by atoms with Gasteiger partial charge in [-0.3, -0.25) is 14.7 Å². The van der Waals surface area contributed by atoms with Crippen molar-refractivity contribution in [2.75, 3.05) is 32.9 Å². The number of carbonyl (C=O) groups excluding carboxylic acids is 1. The van der Waals surface area contributed by atoms with Crippen molar-refractivity contribution in [3.05, 3.63) is 30.1 Å². The van der Waals surface area contributed by atoms with Gasteiger partial charge in [0.05, 0.1) is 24.4 Å². The Morgan fingerprint density at radius 3 is 2.87 bits per heavy atom. The SMILES string of the molecule is O=C1COC2CN(C3CCOCC3)CC2N1Cc1ccccn1. The monoisotopic (exact) mass is 317 g/mol. The summed E-state index contributed by atoms with van der Waals surface area (Å²) in [6.07, 6.45) is 4.06. The summed E-state index contributed by atoms with van der Waals surface area (Å²) in [5.74, 6) is 0.0748. The van der Waals surface area contributed by atoms with Gasteiger partial charge in [-0.1, -0.05) is 6.07 Å². The molecule has 1 aromatic rings. The maximum absolute atomic E-state index is 12.4. The Bertz CT molecular complexity index is 547. The number of rotatable bonds is 3. The summed E-state index contributed by atoms with van der Waals surface area (Å²) in [6, 6.07) is 6.54. The van der Waals surface area contributed by atoms with Crippen molar-refractivity contribution < 1.29 is 14.3 Å². The molecule has 0 bridgehead atoms. The molecular formula is C17H23N3O3. The van der Waals surface area contributed by atoms with Crippen LogP contribution < -0.4 is 0 Å². The first kappa shape index (κ1) is 15.1. The molecule has 0 saturated carbocycles. The molecule has 0 spiro atoms. The third kappa shape index (κ3) is 3.11. The minimum atomic E-state index is 0.0748. The first-order valence-corrected chi connectivity index (χ1v) is 8.44. The lowest BCUT2D eigenvalue weighted by molar-refractivity contribution is -0.154. The van der Waals surface area contributed by atoms with Gasteiger partial charge in [0.25, 0.3) is 0 Å². The second-order valence-corrected chi connectivity index (χ2v) is 6.56. The number of carbonyl (C=O) groups is 1. The third-order valence-electron chi connectivity index (χ3n) is 5.17. The summed E-state index contributed by atoms with van der Waals surface area (Å²) >= 11 is 0. The summed E-state index contributed by atoms with van der Waals surface area (Å²) in [4.78, 5) is 21.2. The van der Waals surface area contributed by atoms with Crippen LogP contribution in [0.2, 0.25) is 0 Å². The summed E-state index contributed by atoms with van der Waals surface area (Å²) in [6.45, 7) is 4.26. The van der Waals surface area contributed by atoms with Crippen LogP contribution in [0.5, 0.6) is 0 Å². The van der Waals surface area contributed by atoms with Crippen molar-refractivity contribution >= 4 is 5.91 Å². The molecule has 6 nitrogen and oxygen atoms in total. The highest BCUT2D eigenvalue weighted by molar-refractivity contribution is 5.78. The Kier molecular flexibility index (Phi) is 4.29. The van der Waals surface area contributed by atoms with Gasteiger partial charge in [0.2, 0.25) is 5.91 Å². The molecule has 2 atom stereocenters. The largest absolute Gasteiger partial charge is 0.381 e. The molecule has 23 heavy (non-hydrogen) atoms. The minimum Gasteiger partial charge on any atom is -0.381 e. The Morgan fingerprint density at radius 1 is 1.22 bits per heavy atom. The number of hydrogen-bond donors (Lipinski definition) is 0. The van der Waals surface area contributed by atoms with Gasteiger partial charge in [-0.25, -0.2) is 0 Å². The van der Waals surface area contributed by atoms with Crippen molar-refractivity contribution in [2.45, 2.75) is 37.6 Å². The normalized spacial score (nSPS) is 29.7. The first-order chi connectivity index (χ1) is 11.3. The van der Waals surface area contributed by atoms with Crippen LogP contribution in [0.4, 0.5) is 0 Å². The van der Waals surface area contributed by atoms with Crippen molar-refractivity contribution in [3.63, 3.8) is 0 Å². The maximum atomic E-state index is 12.4. The fourth-order valence-electron chi connectivity index (χ4n) is 3.91. The molecule has 0 N–H and O–H groups in total. The van der Waals surface area contributed by atoms with Crippen LogP contribution in [0.3, 0.4) is 0 Å². The molecule has 1 aromatic heterocycles. The predicted molar refractivity (Wildman–Crippen MR) is 83.7 cm³/mol. The number of hydrogen-bond acceptors (Lipinski definition) is 5. The van der Waals surface area contributed by atoms with E-state index >= 15 is 0 Å². The van der Waals surface area contributed by atoms with Crippen LogP contribution in [0.15, 0.2) is 24.4 Å². The molecule has 2 unspecified atom stereocenters. The lowest BCUT2D eigenvalue weighted by Crippen LogP contribution is -2.53. The van der Waals surface area contributed by atoms with Crippen molar-refractivity contribution in [3.8, 4) is 0 Å². The maximum Gasteiger partial charge on any atom is 0.249 e. The zero-order valence-electron chi connectivity index (χ0n) is 13.3. The lowest BCUT2D eigenvalue weighted by Gasteiger charge is -2.36. The Labute approximate surface area is 136 Å². The molecular weight excluding hydrogens is 294 g/mol. The van der Waals surface area contributed by atoms with E-state index < -0.39 is 0 Å². The van der Waals surface area contributed by atoms with Crippen LogP contribution in [0.25, 0.3) is 0 Å².